The van der Waals surface area contributed by atoms with Crippen LogP contribution in [0.25, 0.3) is 0 Å². The first-order valence-electron chi connectivity index (χ1n) is 9.51. The van der Waals surface area contributed by atoms with E-state index < -0.39 is 5.25 Å². The maximum atomic E-state index is 13.2. The van der Waals surface area contributed by atoms with Crippen LogP contribution in [0.1, 0.15) is 29.9 Å². The first-order chi connectivity index (χ1) is 14.1. The highest BCUT2D eigenvalue weighted by atomic mass is 32.2. The van der Waals surface area contributed by atoms with E-state index in [0.29, 0.717) is 11.8 Å². The van der Waals surface area contributed by atoms with Gasteiger partial charge in [-0.05, 0) is 50.1 Å². The van der Waals surface area contributed by atoms with Crippen LogP contribution in [0.15, 0.2) is 53.7 Å². The van der Waals surface area contributed by atoms with Crippen LogP contribution in [0.4, 0.5) is 5.69 Å². The topological polar surface area (TPSA) is 81.1 Å². The predicted molar refractivity (Wildman–Crippen MR) is 114 cm³/mol. The smallest absolute Gasteiger partial charge is 0.240 e. The second kappa shape index (κ2) is 8.16. The number of rotatable bonds is 5. The number of fused-ring (bicyclic) bond motifs is 1. The lowest BCUT2D eigenvalue weighted by Crippen LogP contribution is -2.41. The van der Waals surface area contributed by atoms with Crippen LogP contribution in [0, 0.1) is 13.8 Å². The first-order valence-corrected chi connectivity index (χ1v) is 10.4. The number of carbonyl (C=O) groups is 1. The van der Waals surface area contributed by atoms with E-state index in [-0.39, 0.29) is 11.9 Å². The molecule has 0 aliphatic carbocycles. The number of nitrogens with one attached hydrogen (secondary N) is 2. The standard InChI is InChI=1S/C21H23N5O2S/c1-4-28-16-11-9-15(10-12-16)18-19(29-21-24-23-14(3)26(21)25-18)20(27)22-17-8-6-5-7-13(17)2/h5-12,18-19,25H,4H2,1-3H3,(H,22,27)/t18-,19+/m0/s1. The number of anilines is 1. The molecule has 1 amide bonds. The molecule has 1 aliphatic rings. The maximum Gasteiger partial charge on any atom is 0.240 e. The molecule has 8 heteroatoms. The highest BCUT2D eigenvalue weighted by Crippen LogP contribution is 2.38. The van der Waals surface area contributed by atoms with Gasteiger partial charge in [-0.1, -0.05) is 42.1 Å². The van der Waals surface area contributed by atoms with Gasteiger partial charge in [0.05, 0.1) is 12.6 Å². The maximum absolute atomic E-state index is 13.2. The molecular formula is C21H23N5O2S. The van der Waals surface area contributed by atoms with Crippen molar-refractivity contribution < 1.29 is 9.53 Å². The minimum Gasteiger partial charge on any atom is -0.494 e. The molecule has 4 rings (SSSR count). The molecule has 2 aromatic carbocycles. The number of para-hydroxylation sites is 1. The third kappa shape index (κ3) is 3.93. The molecule has 1 aliphatic heterocycles. The van der Waals surface area contributed by atoms with Crippen LogP contribution >= 0.6 is 11.8 Å². The van der Waals surface area contributed by atoms with Crippen molar-refractivity contribution in [2.45, 2.75) is 37.2 Å². The molecule has 2 atom stereocenters. The number of aromatic nitrogens is 3. The Kier molecular flexibility index (Phi) is 5.44. The first kappa shape index (κ1) is 19.3. The molecule has 0 fully saturated rings. The third-order valence-corrected chi connectivity index (χ3v) is 6.03. The summed E-state index contributed by atoms with van der Waals surface area (Å²) in [5.74, 6) is 1.48. The summed E-state index contributed by atoms with van der Waals surface area (Å²) in [7, 11) is 0. The molecule has 7 nitrogen and oxygen atoms in total. The van der Waals surface area contributed by atoms with Crippen molar-refractivity contribution in [2.75, 3.05) is 17.3 Å². The van der Waals surface area contributed by atoms with Crippen LogP contribution < -0.4 is 15.5 Å². The van der Waals surface area contributed by atoms with Gasteiger partial charge in [-0.25, -0.2) is 4.68 Å². The zero-order valence-corrected chi connectivity index (χ0v) is 17.4. The van der Waals surface area contributed by atoms with E-state index in [0.717, 1.165) is 28.4 Å². The Morgan fingerprint density at radius 3 is 2.66 bits per heavy atom. The molecule has 0 saturated heterocycles. The van der Waals surface area contributed by atoms with Crippen molar-refractivity contribution in [3.05, 3.63) is 65.5 Å². The van der Waals surface area contributed by atoms with Gasteiger partial charge in [0.15, 0.2) is 0 Å². The van der Waals surface area contributed by atoms with E-state index in [9.17, 15) is 4.79 Å². The van der Waals surface area contributed by atoms with Crippen molar-refractivity contribution in [3.8, 4) is 5.75 Å². The number of aryl methyl sites for hydroxylation is 2. The van der Waals surface area contributed by atoms with Gasteiger partial charge in [-0.15, -0.1) is 10.2 Å². The van der Waals surface area contributed by atoms with E-state index in [2.05, 4.69) is 20.9 Å². The summed E-state index contributed by atoms with van der Waals surface area (Å²) in [6.07, 6.45) is 0. The van der Waals surface area contributed by atoms with Gasteiger partial charge in [0, 0.05) is 5.69 Å². The van der Waals surface area contributed by atoms with E-state index in [1.54, 1.807) is 0 Å². The third-order valence-electron chi connectivity index (χ3n) is 4.81. The number of hydrogen-bond acceptors (Lipinski definition) is 6. The van der Waals surface area contributed by atoms with Gasteiger partial charge >= 0.3 is 0 Å². The van der Waals surface area contributed by atoms with Crippen molar-refractivity contribution in [3.63, 3.8) is 0 Å². The minimum absolute atomic E-state index is 0.0809. The molecule has 1 aromatic heterocycles. The summed E-state index contributed by atoms with van der Waals surface area (Å²) in [6.45, 7) is 6.43. The predicted octanol–water partition coefficient (Wildman–Crippen LogP) is 3.69. The quantitative estimate of drug-likeness (QED) is 0.669. The number of hydrogen-bond donors (Lipinski definition) is 2. The van der Waals surface area contributed by atoms with E-state index in [1.165, 1.54) is 11.8 Å². The number of thioether (sulfide) groups is 1. The highest BCUT2D eigenvalue weighted by molar-refractivity contribution is 8.00. The Morgan fingerprint density at radius 2 is 1.93 bits per heavy atom. The van der Waals surface area contributed by atoms with Crippen molar-refractivity contribution in [2.24, 2.45) is 0 Å². The van der Waals surface area contributed by atoms with Gasteiger partial charge in [-0.2, -0.15) is 0 Å². The van der Waals surface area contributed by atoms with Crippen LogP contribution in [-0.4, -0.2) is 32.6 Å². The highest BCUT2D eigenvalue weighted by Gasteiger charge is 2.37. The van der Waals surface area contributed by atoms with Gasteiger partial charge in [0.1, 0.15) is 16.8 Å². The van der Waals surface area contributed by atoms with E-state index >= 15 is 0 Å². The van der Waals surface area contributed by atoms with Gasteiger partial charge in [0.25, 0.3) is 0 Å². The second-order valence-electron chi connectivity index (χ2n) is 6.82. The molecule has 0 unspecified atom stereocenters. The SMILES string of the molecule is CCOc1ccc([C@@H]2Nn3c(C)nnc3S[C@H]2C(=O)Nc2ccccc2C)cc1. The lowest BCUT2D eigenvalue weighted by Gasteiger charge is -2.33. The Labute approximate surface area is 173 Å². The molecular weight excluding hydrogens is 386 g/mol. The summed E-state index contributed by atoms with van der Waals surface area (Å²) in [5, 5.41) is 11.7. The number of ether oxygens (including phenoxy) is 1. The molecule has 2 N–H and O–H groups in total. The normalized spacial score (nSPS) is 17.9. The summed E-state index contributed by atoms with van der Waals surface area (Å²) in [5.41, 5.74) is 6.24. The fourth-order valence-corrected chi connectivity index (χ4v) is 4.39. The second-order valence-corrected chi connectivity index (χ2v) is 7.93. The fraction of sp³-hybridized carbons (Fsp3) is 0.286. The molecule has 0 radical (unpaired) electrons. The Bertz CT molecular complexity index is 1020. The zero-order valence-electron chi connectivity index (χ0n) is 16.5. The molecule has 150 valence electrons. The molecule has 29 heavy (non-hydrogen) atoms. The largest absolute Gasteiger partial charge is 0.494 e. The zero-order chi connectivity index (χ0) is 20.4. The summed E-state index contributed by atoms with van der Waals surface area (Å²) in [4.78, 5) is 13.2. The van der Waals surface area contributed by atoms with Crippen LogP contribution in [0.5, 0.6) is 5.75 Å². The van der Waals surface area contributed by atoms with Gasteiger partial charge in [-0.3, -0.25) is 4.79 Å². The van der Waals surface area contributed by atoms with Gasteiger partial charge in [0.2, 0.25) is 11.1 Å². The van der Waals surface area contributed by atoms with Crippen LogP contribution in [0.3, 0.4) is 0 Å². The van der Waals surface area contributed by atoms with Gasteiger partial charge < -0.3 is 15.5 Å². The van der Waals surface area contributed by atoms with Crippen molar-refractivity contribution in [1.29, 1.82) is 0 Å². The lowest BCUT2D eigenvalue weighted by molar-refractivity contribution is -0.116. The summed E-state index contributed by atoms with van der Waals surface area (Å²) < 4.78 is 7.38. The fourth-order valence-electron chi connectivity index (χ4n) is 3.27. The number of carbonyl (C=O) groups excluding carboxylic acids is 1. The van der Waals surface area contributed by atoms with E-state index in [1.807, 2.05) is 74.0 Å². The number of amides is 1. The molecule has 2 heterocycles. The van der Waals surface area contributed by atoms with Crippen molar-refractivity contribution >= 4 is 23.4 Å². The molecule has 3 aromatic rings. The van der Waals surface area contributed by atoms with Crippen molar-refractivity contribution in [1.82, 2.24) is 14.9 Å². The summed E-state index contributed by atoms with van der Waals surface area (Å²) >= 11 is 1.41. The lowest BCUT2D eigenvalue weighted by atomic mass is 10.0. The van der Waals surface area contributed by atoms with E-state index in [4.69, 9.17) is 4.74 Å². The van der Waals surface area contributed by atoms with Crippen LogP contribution in [-0.2, 0) is 4.79 Å². The molecule has 0 bridgehead atoms. The van der Waals surface area contributed by atoms with Crippen LogP contribution in [0.2, 0.25) is 0 Å². The average Bonchev–Trinajstić information content (AvgIpc) is 3.10. The monoisotopic (exact) mass is 409 g/mol. The molecule has 0 spiro atoms. The number of benzene rings is 2. The number of nitrogens with zero attached hydrogens (tertiary/aromatic N) is 3. The Hall–Kier alpha value is -3.00. The molecule has 0 saturated carbocycles. The Morgan fingerprint density at radius 1 is 1.17 bits per heavy atom. The average molecular weight is 410 g/mol. The Balaban J connectivity index is 1.65. The minimum atomic E-state index is -0.413. The summed E-state index contributed by atoms with van der Waals surface area (Å²) in [6, 6.07) is 15.3.